The van der Waals surface area contributed by atoms with Crippen molar-refractivity contribution in [3.63, 3.8) is 0 Å². The van der Waals surface area contributed by atoms with Gasteiger partial charge in [-0.2, -0.15) is 0 Å². The van der Waals surface area contributed by atoms with Crippen molar-refractivity contribution in [2.75, 3.05) is 0 Å². The molecule has 0 aliphatic heterocycles. The fraction of sp³-hybridized carbons (Fsp3) is 1.00. The van der Waals surface area contributed by atoms with Gasteiger partial charge < -0.3 is 0 Å². The Bertz CT molecular complexity index is 47.0. The molecular formula is C4H10I2Si. The monoisotopic (exact) mass is 340 g/mol. The lowest BCUT2D eigenvalue weighted by Gasteiger charge is -2.05. The first kappa shape index (κ1) is 8.68. The molecule has 0 heterocycles. The molecule has 44 valence electrons. The first-order valence-corrected chi connectivity index (χ1v) is 11.5. The van der Waals surface area contributed by atoms with Gasteiger partial charge in [0.15, 0.2) is 3.79 Å². The highest BCUT2D eigenvalue weighted by Crippen LogP contribution is 2.23. The molecule has 0 bridgehead atoms. The topological polar surface area (TPSA) is 0 Å². The van der Waals surface area contributed by atoms with Gasteiger partial charge in [-0.1, -0.05) is 20.3 Å². The third-order valence-electron chi connectivity index (χ3n) is 1.07. The Labute approximate surface area is 72.5 Å². The van der Waals surface area contributed by atoms with E-state index in [0.717, 1.165) is 5.54 Å². The molecule has 0 saturated heterocycles. The van der Waals surface area contributed by atoms with Gasteiger partial charge in [0.25, 0.3) is 0 Å². The first-order chi connectivity index (χ1) is 3.18. The molecule has 0 amide bonds. The largest absolute Gasteiger partial charge is 0.180 e. The third kappa shape index (κ3) is 4.20. The summed E-state index contributed by atoms with van der Waals surface area (Å²) in [6.07, 6.45) is 1.36. The van der Waals surface area contributed by atoms with Crippen LogP contribution in [0.3, 0.4) is 0 Å². The Morgan fingerprint density at radius 3 is 2.00 bits per heavy atom. The second kappa shape index (κ2) is 4.55. The van der Waals surface area contributed by atoms with E-state index in [2.05, 4.69) is 57.4 Å². The number of halogens is 2. The van der Waals surface area contributed by atoms with Gasteiger partial charge in [-0.05, 0) is 5.54 Å². The lowest BCUT2D eigenvalue weighted by Crippen LogP contribution is -1.98. The molecule has 0 rings (SSSR count). The van der Waals surface area contributed by atoms with Crippen LogP contribution in [-0.4, -0.2) is 3.79 Å². The molecule has 1 atom stereocenters. The maximum absolute atomic E-state index is 2.59. The summed E-state index contributed by atoms with van der Waals surface area (Å²) in [5, 5.41) is 0. The smallest absolute Gasteiger partial charge is 0.109 e. The van der Waals surface area contributed by atoms with Crippen LogP contribution in [-0.2, 0) is 0 Å². The molecule has 0 aromatic rings. The Morgan fingerprint density at radius 2 is 2.00 bits per heavy atom. The van der Waals surface area contributed by atoms with Crippen molar-refractivity contribution in [1.82, 2.24) is 0 Å². The molecule has 0 aliphatic rings. The zero-order valence-electron chi connectivity index (χ0n) is 4.62. The standard InChI is InChI=1S/C4H10I2Si/c1-3-4(2)7(5)6/h4,7H,3H2,1-2H3. The average molecular weight is 340 g/mol. The first-order valence-electron chi connectivity index (χ1n) is 2.46. The van der Waals surface area contributed by atoms with Gasteiger partial charge in [0.1, 0.15) is 0 Å². The van der Waals surface area contributed by atoms with Gasteiger partial charge in [0.2, 0.25) is 0 Å². The SMILES string of the molecule is CCC(C)[SiH](I)I. The predicted molar refractivity (Wildman–Crippen MR) is 54.9 cm³/mol. The second-order valence-corrected chi connectivity index (χ2v) is 18.7. The van der Waals surface area contributed by atoms with E-state index < -0.39 is 0 Å². The predicted octanol–water partition coefficient (Wildman–Crippen LogP) is 2.88. The van der Waals surface area contributed by atoms with Crippen LogP contribution >= 0.6 is 43.6 Å². The fourth-order valence-electron chi connectivity index (χ4n) is 0.178. The molecule has 0 aliphatic carbocycles. The molecule has 0 radical (unpaired) electrons. The Balaban J connectivity index is 3.14. The average Bonchev–Trinajstić information content (AvgIpc) is 1.65. The van der Waals surface area contributed by atoms with E-state index in [1.54, 1.807) is 0 Å². The lowest BCUT2D eigenvalue weighted by atomic mass is 10.4. The van der Waals surface area contributed by atoms with Crippen LogP contribution in [0.2, 0.25) is 5.54 Å². The summed E-state index contributed by atoms with van der Waals surface area (Å²) in [5.41, 5.74) is 1.01. The zero-order valence-corrected chi connectivity index (χ0v) is 10.1. The highest BCUT2D eigenvalue weighted by atomic mass is 127. The highest BCUT2D eigenvalue weighted by Gasteiger charge is 2.07. The van der Waals surface area contributed by atoms with Gasteiger partial charge in [-0.3, -0.25) is 0 Å². The van der Waals surface area contributed by atoms with Gasteiger partial charge in [0, 0.05) is 0 Å². The number of hydrogen-bond acceptors (Lipinski definition) is 0. The van der Waals surface area contributed by atoms with Gasteiger partial charge >= 0.3 is 0 Å². The van der Waals surface area contributed by atoms with E-state index >= 15 is 0 Å². The minimum atomic E-state index is -0.325. The van der Waals surface area contributed by atoms with E-state index in [-0.39, 0.29) is 3.79 Å². The fourth-order valence-corrected chi connectivity index (χ4v) is 3.59. The number of hydrogen-bond donors (Lipinski definition) is 0. The molecular weight excluding hydrogens is 330 g/mol. The van der Waals surface area contributed by atoms with Crippen molar-refractivity contribution in [2.45, 2.75) is 25.8 Å². The molecule has 0 N–H and O–H groups in total. The van der Waals surface area contributed by atoms with Gasteiger partial charge in [-0.15, -0.1) is 43.6 Å². The summed E-state index contributed by atoms with van der Waals surface area (Å²) in [5.74, 6) is 0. The molecule has 0 nitrogen and oxygen atoms in total. The van der Waals surface area contributed by atoms with Crippen LogP contribution in [0.15, 0.2) is 0 Å². The van der Waals surface area contributed by atoms with Crippen molar-refractivity contribution in [2.24, 2.45) is 0 Å². The Hall–Kier alpha value is 1.68. The normalized spacial score (nSPS) is 15.0. The molecule has 0 fully saturated rings. The Morgan fingerprint density at radius 1 is 1.57 bits per heavy atom. The molecule has 0 aromatic carbocycles. The molecule has 0 saturated carbocycles. The van der Waals surface area contributed by atoms with E-state index in [9.17, 15) is 0 Å². The second-order valence-electron chi connectivity index (χ2n) is 1.72. The third-order valence-corrected chi connectivity index (χ3v) is 9.77. The lowest BCUT2D eigenvalue weighted by molar-refractivity contribution is 0.878. The van der Waals surface area contributed by atoms with E-state index in [4.69, 9.17) is 0 Å². The summed E-state index contributed by atoms with van der Waals surface area (Å²) in [4.78, 5) is 0. The quantitative estimate of drug-likeness (QED) is 0.412. The summed E-state index contributed by atoms with van der Waals surface area (Å²) in [7, 11) is 0. The van der Waals surface area contributed by atoms with Crippen LogP contribution in [0, 0.1) is 0 Å². The van der Waals surface area contributed by atoms with Crippen LogP contribution in [0.4, 0.5) is 0 Å². The van der Waals surface area contributed by atoms with E-state index in [1.165, 1.54) is 6.42 Å². The van der Waals surface area contributed by atoms with Crippen LogP contribution < -0.4 is 0 Å². The molecule has 0 spiro atoms. The Kier molecular flexibility index (Phi) is 5.63. The van der Waals surface area contributed by atoms with Crippen molar-refractivity contribution < 1.29 is 0 Å². The van der Waals surface area contributed by atoms with E-state index in [1.807, 2.05) is 0 Å². The molecule has 7 heavy (non-hydrogen) atoms. The zero-order chi connectivity index (χ0) is 5.86. The molecule has 1 unspecified atom stereocenters. The maximum Gasteiger partial charge on any atom is 0.180 e. The van der Waals surface area contributed by atoms with Crippen LogP contribution in [0.1, 0.15) is 20.3 Å². The summed E-state index contributed by atoms with van der Waals surface area (Å²) in [6.45, 7) is 4.61. The summed E-state index contributed by atoms with van der Waals surface area (Å²) >= 11 is 5.19. The van der Waals surface area contributed by atoms with Crippen molar-refractivity contribution in [3.05, 3.63) is 0 Å². The van der Waals surface area contributed by atoms with Gasteiger partial charge in [0.05, 0.1) is 0 Å². The minimum Gasteiger partial charge on any atom is -0.109 e. The summed E-state index contributed by atoms with van der Waals surface area (Å²) in [6, 6.07) is 0. The highest BCUT2D eigenvalue weighted by molar-refractivity contribution is 14.3. The summed E-state index contributed by atoms with van der Waals surface area (Å²) < 4.78 is -0.325. The van der Waals surface area contributed by atoms with Crippen molar-refractivity contribution in [3.8, 4) is 0 Å². The van der Waals surface area contributed by atoms with E-state index in [0.29, 0.717) is 0 Å². The van der Waals surface area contributed by atoms with Crippen molar-refractivity contribution in [1.29, 1.82) is 0 Å². The van der Waals surface area contributed by atoms with Crippen LogP contribution in [0.5, 0.6) is 0 Å². The minimum absolute atomic E-state index is 0.325. The van der Waals surface area contributed by atoms with Crippen LogP contribution in [0.25, 0.3) is 0 Å². The maximum atomic E-state index is 2.59. The molecule has 3 heteroatoms. The molecule has 0 aromatic heterocycles. The van der Waals surface area contributed by atoms with Gasteiger partial charge in [-0.25, -0.2) is 0 Å². The number of rotatable bonds is 2. The van der Waals surface area contributed by atoms with Crippen molar-refractivity contribution >= 4 is 47.4 Å².